The van der Waals surface area contributed by atoms with Gasteiger partial charge in [0.15, 0.2) is 0 Å². The quantitative estimate of drug-likeness (QED) is 0.596. The van der Waals surface area contributed by atoms with Gasteiger partial charge in [-0.15, -0.1) is 0 Å². The summed E-state index contributed by atoms with van der Waals surface area (Å²) in [5, 5.41) is 0. The highest BCUT2D eigenvalue weighted by Gasteiger charge is 2.13. The van der Waals surface area contributed by atoms with E-state index < -0.39 is 0 Å². The van der Waals surface area contributed by atoms with Crippen molar-refractivity contribution in [2.24, 2.45) is 11.7 Å². The summed E-state index contributed by atoms with van der Waals surface area (Å²) in [5.41, 5.74) is 5.38. The Balaban J connectivity index is 0.000000127. The topological polar surface area (TPSA) is 29.3 Å². The van der Waals surface area contributed by atoms with Gasteiger partial charge >= 0.3 is 0 Å². The highest BCUT2D eigenvalue weighted by molar-refractivity contribution is 4.70. The minimum absolute atomic E-state index is 0.565. The van der Waals surface area contributed by atoms with Crippen LogP contribution in [0.3, 0.4) is 0 Å². The summed E-state index contributed by atoms with van der Waals surface area (Å²) in [6, 6.07) is 0.565. The Morgan fingerprint density at radius 3 is 1.92 bits per heavy atom. The summed E-state index contributed by atoms with van der Waals surface area (Å²) in [4.78, 5) is 2.38. The van der Waals surface area contributed by atoms with Gasteiger partial charge in [-0.05, 0) is 38.8 Å². The van der Waals surface area contributed by atoms with Crippen LogP contribution in [-0.4, -0.2) is 31.1 Å². The van der Waals surface area contributed by atoms with Gasteiger partial charge in [0.1, 0.15) is 0 Å². The van der Waals surface area contributed by atoms with Crippen molar-refractivity contribution in [1.29, 1.82) is 0 Å². The molecule has 2 N–H and O–H groups in total. The number of hydrogen-bond donors (Lipinski definition) is 1. The molecule has 2 aliphatic rings. The fourth-order valence-electron chi connectivity index (χ4n) is 1.60. The molecule has 0 aromatic carbocycles. The number of nitrogens with zero attached hydrogens (tertiary/aromatic N) is 1. The van der Waals surface area contributed by atoms with Crippen LogP contribution in [0.5, 0.6) is 0 Å². The summed E-state index contributed by atoms with van der Waals surface area (Å²) >= 11 is 0. The highest BCUT2D eigenvalue weighted by Crippen LogP contribution is 2.14. The summed E-state index contributed by atoms with van der Waals surface area (Å²) in [5.74, 6) is 0.949. The van der Waals surface area contributed by atoms with Crippen molar-refractivity contribution in [3.05, 3.63) is 0 Å². The minimum atomic E-state index is 0.565. The summed E-state index contributed by atoms with van der Waals surface area (Å²) < 4.78 is 0. The van der Waals surface area contributed by atoms with E-state index in [1.54, 1.807) is 0 Å². The first kappa shape index (κ1) is 10.0. The van der Waals surface area contributed by atoms with Crippen molar-refractivity contribution in [3.63, 3.8) is 0 Å². The molecule has 1 atom stereocenters. The van der Waals surface area contributed by atoms with E-state index in [-0.39, 0.29) is 0 Å². The lowest BCUT2D eigenvalue weighted by Gasteiger charge is -2.18. The molecule has 2 rings (SSSR count). The molecule has 0 radical (unpaired) electrons. The molecule has 2 fully saturated rings. The van der Waals surface area contributed by atoms with Gasteiger partial charge in [-0.2, -0.15) is 0 Å². The zero-order valence-electron chi connectivity index (χ0n) is 8.42. The van der Waals surface area contributed by atoms with E-state index in [2.05, 4.69) is 18.9 Å². The van der Waals surface area contributed by atoms with Crippen LogP contribution in [0, 0.1) is 5.92 Å². The van der Waals surface area contributed by atoms with Crippen molar-refractivity contribution in [1.82, 2.24) is 4.90 Å². The van der Waals surface area contributed by atoms with Crippen LogP contribution in [-0.2, 0) is 0 Å². The first-order chi connectivity index (χ1) is 5.68. The molecule has 1 heterocycles. The maximum absolute atomic E-state index is 5.38. The van der Waals surface area contributed by atoms with Gasteiger partial charge in [0.05, 0.1) is 0 Å². The molecule has 0 bridgehead atoms. The minimum Gasteiger partial charge on any atom is -0.328 e. The normalized spacial score (nSPS) is 30.8. The van der Waals surface area contributed by atoms with E-state index in [1.807, 2.05) is 0 Å². The molecule has 0 amide bonds. The van der Waals surface area contributed by atoms with E-state index in [0.717, 1.165) is 5.92 Å². The highest BCUT2D eigenvalue weighted by atomic mass is 15.1. The number of hydrogen-bond acceptors (Lipinski definition) is 2. The Morgan fingerprint density at radius 1 is 1.25 bits per heavy atom. The third-order valence-corrected chi connectivity index (χ3v) is 2.78. The fourth-order valence-corrected chi connectivity index (χ4v) is 1.60. The molecule has 2 nitrogen and oxygen atoms in total. The van der Waals surface area contributed by atoms with Crippen LogP contribution in [0.1, 0.15) is 32.6 Å². The second kappa shape index (κ2) is 4.83. The third kappa shape index (κ3) is 3.55. The molecular formula is C10H22N2. The van der Waals surface area contributed by atoms with Gasteiger partial charge in [0.25, 0.3) is 0 Å². The van der Waals surface area contributed by atoms with Crippen LogP contribution >= 0.6 is 0 Å². The first-order valence-electron chi connectivity index (χ1n) is 5.12. The molecule has 0 spiro atoms. The third-order valence-electron chi connectivity index (χ3n) is 2.78. The van der Waals surface area contributed by atoms with E-state index >= 15 is 0 Å². The maximum atomic E-state index is 5.38. The van der Waals surface area contributed by atoms with Crippen molar-refractivity contribution in [2.75, 3.05) is 20.1 Å². The lowest BCUT2D eigenvalue weighted by atomic mass is 9.95. The van der Waals surface area contributed by atoms with Gasteiger partial charge in [0, 0.05) is 12.6 Å². The molecule has 1 aliphatic heterocycles. The molecule has 1 saturated carbocycles. The largest absolute Gasteiger partial charge is 0.328 e. The van der Waals surface area contributed by atoms with E-state index in [9.17, 15) is 0 Å². The average molecular weight is 170 g/mol. The van der Waals surface area contributed by atoms with Crippen LogP contribution in [0.4, 0.5) is 0 Å². The number of likely N-dealkylation sites (tertiary alicyclic amines) is 1. The maximum Gasteiger partial charge on any atom is 0.00388 e. The Hall–Kier alpha value is -0.0800. The molecule has 1 aliphatic carbocycles. The molecule has 72 valence electrons. The van der Waals surface area contributed by atoms with Gasteiger partial charge in [-0.25, -0.2) is 0 Å². The van der Waals surface area contributed by atoms with Crippen molar-refractivity contribution in [2.45, 2.75) is 38.6 Å². The van der Waals surface area contributed by atoms with Gasteiger partial charge in [-0.3, -0.25) is 0 Å². The first-order valence-corrected chi connectivity index (χ1v) is 5.12. The van der Waals surface area contributed by atoms with Gasteiger partial charge < -0.3 is 10.6 Å². The molecule has 0 aromatic heterocycles. The van der Waals surface area contributed by atoms with Crippen molar-refractivity contribution >= 4 is 0 Å². The Kier molecular flexibility index (Phi) is 4.02. The summed E-state index contributed by atoms with van der Waals surface area (Å²) in [6.45, 7) is 4.92. The molecular weight excluding hydrogens is 148 g/mol. The van der Waals surface area contributed by atoms with Crippen LogP contribution in [0.2, 0.25) is 0 Å². The van der Waals surface area contributed by atoms with Crippen LogP contribution < -0.4 is 5.73 Å². The standard InChI is InChI=1S/C6H13N.C4H9N/c1-6-3-4-7(2)5-6;5-4-2-1-3-4/h6H,3-5H2,1-2H3;4H,1-3,5H2. The Morgan fingerprint density at radius 2 is 1.83 bits per heavy atom. The van der Waals surface area contributed by atoms with Crippen molar-refractivity contribution < 1.29 is 0 Å². The van der Waals surface area contributed by atoms with Gasteiger partial charge in [-0.1, -0.05) is 13.3 Å². The monoisotopic (exact) mass is 170 g/mol. The van der Waals surface area contributed by atoms with E-state index in [0.29, 0.717) is 6.04 Å². The van der Waals surface area contributed by atoms with E-state index in [4.69, 9.17) is 5.73 Å². The van der Waals surface area contributed by atoms with Crippen molar-refractivity contribution in [3.8, 4) is 0 Å². The lowest BCUT2D eigenvalue weighted by molar-refractivity contribution is 0.402. The van der Waals surface area contributed by atoms with E-state index in [1.165, 1.54) is 38.8 Å². The molecule has 1 unspecified atom stereocenters. The molecule has 2 heteroatoms. The number of nitrogens with two attached hydrogens (primary N) is 1. The smallest absolute Gasteiger partial charge is 0.00388 e. The summed E-state index contributed by atoms with van der Waals surface area (Å²) in [6.07, 6.45) is 5.29. The van der Waals surface area contributed by atoms with Crippen LogP contribution in [0.25, 0.3) is 0 Å². The van der Waals surface area contributed by atoms with Gasteiger partial charge in [0.2, 0.25) is 0 Å². The predicted octanol–water partition coefficient (Wildman–Crippen LogP) is 1.46. The van der Waals surface area contributed by atoms with Crippen LogP contribution in [0.15, 0.2) is 0 Å². The fraction of sp³-hybridized carbons (Fsp3) is 1.00. The SMILES string of the molecule is CC1CCN(C)C1.NC1CCC1. The molecule has 12 heavy (non-hydrogen) atoms. The molecule has 1 saturated heterocycles. The number of rotatable bonds is 0. The Bertz CT molecular complexity index is 113. The summed E-state index contributed by atoms with van der Waals surface area (Å²) in [7, 11) is 2.18. The second-order valence-corrected chi connectivity index (χ2v) is 4.35. The second-order valence-electron chi connectivity index (χ2n) is 4.35. The average Bonchev–Trinajstić information content (AvgIpc) is 2.32. The zero-order chi connectivity index (χ0) is 8.97. The predicted molar refractivity (Wildman–Crippen MR) is 53.1 cm³/mol. The molecule has 0 aromatic rings. The lowest BCUT2D eigenvalue weighted by Crippen LogP contribution is -2.27. The Labute approximate surface area is 76.1 Å². The zero-order valence-corrected chi connectivity index (χ0v) is 8.42.